The molecule has 0 unspecified atom stereocenters. The van der Waals surface area contributed by atoms with Crippen molar-refractivity contribution in [2.24, 2.45) is 5.73 Å². The average molecular weight is 405 g/mol. The number of carbonyl (C=O) groups is 3. The lowest BCUT2D eigenvalue weighted by Crippen LogP contribution is -2.50. The van der Waals surface area contributed by atoms with Gasteiger partial charge in [0, 0.05) is 45.1 Å². The highest BCUT2D eigenvalue weighted by molar-refractivity contribution is 5.94. The summed E-state index contributed by atoms with van der Waals surface area (Å²) in [6.07, 6.45) is -0.714. The number of nitrogens with zero attached hydrogens (tertiary/aromatic N) is 3. The lowest BCUT2D eigenvalue weighted by molar-refractivity contribution is -0.130. The predicted octanol–water partition coefficient (Wildman–Crippen LogP) is -0.181. The Balaban J connectivity index is 1.52. The molecule has 1 aromatic carbocycles. The molecule has 4 rings (SSSR count). The molecule has 10 heteroatoms. The molecule has 0 spiro atoms. The molecule has 0 radical (unpaired) electrons. The first kappa shape index (κ1) is 19.4. The van der Waals surface area contributed by atoms with E-state index in [4.69, 9.17) is 10.5 Å². The number of hydrogen-bond donors (Lipinski definition) is 2. The SMILES string of the molecule is CC(=O)NC[C@@H]1OC(=O)N2c3ccc(N4CCN(C(=O)CN)CC4)c(F)c3C[C@@H]12. The Morgan fingerprint density at radius 2 is 1.93 bits per heavy atom. The summed E-state index contributed by atoms with van der Waals surface area (Å²) < 4.78 is 20.7. The minimum atomic E-state index is -0.523. The quantitative estimate of drug-likeness (QED) is 0.720. The lowest BCUT2D eigenvalue weighted by Gasteiger charge is -2.36. The van der Waals surface area contributed by atoms with Crippen LogP contribution in [0.3, 0.4) is 0 Å². The van der Waals surface area contributed by atoms with Gasteiger partial charge in [-0.2, -0.15) is 0 Å². The number of fused-ring (bicyclic) bond motifs is 3. The molecule has 3 aliphatic heterocycles. The molecule has 3 heterocycles. The Morgan fingerprint density at radius 3 is 2.59 bits per heavy atom. The van der Waals surface area contributed by atoms with E-state index in [0.717, 1.165) is 0 Å². The van der Waals surface area contributed by atoms with Crippen LogP contribution in [0.25, 0.3) is 0 Å². The van der Waals surface area contributed by atoms with Crippen molar-refractivity contribution < 1.29 is 23.5 Å². The molecule has 0 aromatic heterocycles. The van der Waals surface area contributed by atoms with E-state index < -0.39 is 12.2 Å². The molecule has 2 fully saturated rings. The molecule has 2 atom stereocenters. The van der Waals surface area contributed by atoms with Crippen LogP contribution in [-0.4, -0.2) is 74.2 Å². The summed E-state index contributed by atoms with van der Waals surface area (Å²) in [7, 11) is 0. The highest BCUT2D eigenvalue weighted by Crippen LogP contribution is 2.42. The number of piperazine rings is 1. The number of nitrogens with two attached hydrogens (primary N) is 1. The van der Waals surface area contributed by atoms with Gasteiger partial charge in [0.1, 0.15) is 6.10 Å². The first-order valence-corrected chi connectivity index (χ1v) is 9.69. The summed E-state index contributed by atoms with van der Waals surface area (Å²) in [5, 5.41) is 2.66. The molecule has 0 saturated carbocycles. The van der Waals surface area contributed by atoms with Gasteiger partial charge in [0.05, 0.1) is 30.5 Å². The van der Waals surface area contributed by atoms with Gasteiger partial charge < -0.3 is 25.6 Å². The van der Waals surface area contributed by atoms with E-state index in [9.17, 15) is 14.4 Å². The number of nitrogens with one attached hydrogen (secondary N) is 1. The molecule has 2 saturated heterocycles. The molecule has 3 N–H and O–H groups in total. The monoisotopic (exact) mass is 405 g/mol. The molecule has 3 amide bonds. The summed E-state index contributed by atoms with van der Waals surface area (Å²) in [6.45, 7) is 3.58. The van der Waals surface area contributed by atoms with Gasteiger partial charge in [-0.15, -0.1) is 0 Å². The Kier molecular flexibility index (Phi) is 5.03. The predicted molar refractivity (Wildman–Crippen MR) is 103 cm³/mol. The van der Waals surface area contributed by atoms with Crippen molar-refractivity contribution in [3.05, 3.63) is 23.5 Å². The maximum atomic E-state index is 15.4. The van der Waals surface area contributed by atoms with Gasteiger partial charge in [-0.25, -0.2) is 9.18 Å². The van der Waals surface area contributed by atoms with Gasteiger partial charge in [0.25, 0.3) is 0 Å². The van der Waals surface area contributed by atoms with Crippen LogP contribution in [0.4, 0.5) is 20.6 Å². The van der Waals surface area contributed by atoms with E-state index in [1.807, 2.05) is 4.90 Å². The van der Waals surface area contributed by atoms with Gasteiger partial charge >= 0.3 is 6.09 Å². The van der Waals surface area contributed by atoms with Crippen molar-refractivity contribution in [1.82, 2.24) is 10.2 Å². The Labute approximate surface area is 167 Å². The summed E-state index contributed by atoms with van der Waals surface area (Å²) in [6, 6.07) is 3.08. The Morgan fingerprint density at radius 1 is 1.24 bits per heavy atom. The minimum Gasteiger partial charge on any atom is -0.442 e. The van der Waals surface area contributed by atoms with Gasteiger partial charge in [-0.05, 0) is 12.1 Å². The zero-order valence-corrected chi connectivity index (χ0v) is 16.2. The first-order valence-electron chi connectivity index (χ1n) is 9.69. The second-order valence-electron chi connectivity index (χ2n) is 7.47. The van der Waals surface area contributed by atoms with E-state index >= 15 is 4.39 Å². The average Bonchev–Trinajstić information content (AvgIpc) is 3.25. The number of benzene rings is 1. The van der Waals surface area contributed by atoms with Gasteiger partial charge in [0.2, 0.25) is 11.8 Å². The third kappa shape index (κ3) is 3.37. The highest BCUT2D eigenvalue weighted by atomic mass is 19.1. The summed E-state index contributed by atoms with van der Waals surface area (Å²) in [5.74, 6) is -0.666. The van der Waals surface area contributed by atoms with Crippen LogP contribution >= 0.6 is 0 Å². The number of anilines is 2. The van der Waals surface area contributed by atoms with Crippen LogP contribution in [0, 0.1) is 5.82 Å². The molecule has 0 bridgehead atoms. The molecule has 9 nitrogen and oxygen atoms in total. The van der Waals surface area contributed by atoms with Crippen molar-refractivity contribution in [2.75, 3.05) is 49.1 Å². The Hall–Kier alpha value is -2.88. The summed E-state index contributed by atoms with van der Waals surface area (Å²) in [4.78, 5) is 40.3. The van der Waals surface area contributed by atoms with E-state index in [0.29, 0.717) is 49.5 Å². The van der Waals surface area contributed by atoms with Crippen molar-refractivity contribution >= 4 is 29.3 Å². The van der Waals surface area contributed by atoms with E-state index in [1.165, 1.54) is 11.8 Å². The smallest absolute Gasteiger partial charge is 0.415 e. The zero-order chi connectivity index (χ0) is 20.7. The van der Waals surface area contributed by atoms with Crippen molar-refractivity contribution in [3.63, 3.8) is 0 Å². The van der Waals surface area contributed by atoms with E-state index in [-0.39, 0.29) is 36.8 Å². The molecule has 1 aromatic rings. The summed E-state index contributed by atoms with van der Waals surface area (Å²) in [5.41, 5.74) is 6.88. The second-order valence-corrected chi connectivity index (χ2v) is 7.47. The fraction of sp³-hybridized carbons (Fsp3) is 0.526. The highest BCUT2D eigenvalue weighted by Gasteiger charge is 2.48. The fourth-order valence-electron chi connectivity index (χ4n) is 4.29. The van der Waals surface area contributed by atoms with E-state index in [2.05, 4.69) is 5.32 Å². The van der Waals surface area contributed by atoms with E-state index in [1.54, 1.807) is 17.0 Å². The van der Waals surface area contributed by atoms with Gasteiger partial charge in [-0.3, -0.25) is 14.5 Å². The van der Waals surface area contributed by atoms with Crippen LogP contribution < -0.4 is 20.9 Å². The van der Waals surface area contributed by atoms with Crippen molar-refractivity contribution in [3.8, 4) is 0 Å². The van der Waals surface area contributed by atoms with Crippen LogP contribution in [-0.2, 0) is 20.7 Å². The third-order valence-electron chi connectivity index (χ3n) is 5.78. The molecular weight excluding hydrogens is 381 g/mol. The number of rotatable bonds is 4. The topological polar surface area (TPSA) is 108 Å². The largest absolute Gasteiger partial charge is 0.442 e. The molecule has 0 aliphatic carbocycles. The maximum Gasteiger partial charge on any atom is 0.415 e. The van der Waals surface area contributed by atoms with Crippen LogP contribution in [0.5, 0.6) is 0 Å². The molecule has 29 heavy (non-hydrogen) atoms. The number of ether oxygens (including phenoxy) is 1. The number of cyclic esters (lactones) is 1. The third-order valence-corrected chi connectivity index (χ3v) is 5.78. The number of hydrogen-bond acceptors (Lipinski definition) is 6. The fourth-order valence-corrected chi connectivity index (χ4v) is 4.29. The van der Waals surface area contributed by atoms with Crippen molar-refractivity contribution in [2.45, 2.75) is 25.5 Å². The van der Waals surface area contributed by atoms with Crippen LogP contribution in [0.1, 0.15) is 12.5 Å². The Bertz CT molecular complexity index is 855. The number of carbonyl (C=O) groups excluding carboxylic acids is 3. The van der Waals surface area contributed by atoms with Crippen LogP contribution in [0.2, 0.25) is 0 Å². The van der Waals surface area contributed by atoms with Crippen LogP contribution in [0.15, 0.2) is 12.1 Å². The van der Waals surface area contributed by atoms with Gasteiger partial charge in [-0.1, -0.05) is 0 Å². The number of amides is 3. The molecule has 156 valence electrons. The van der Waals surface area contributed by atoms with Gasteiger partial charge in [0.15, 0.2) is 5.82 Å². The second kappa shape index (κ2) is 7.51. The first-order chi connectivity index (χ1) is 13.9. The van der Waals surface area contributed by atoms with Crippen molar-refractivity contribution in [1.29, 1.82) is 0 Å². The minimum absolute atomic E-state index is 0.0276. The normalized spacial score (nSPS) is 23.0. The number of halogens is 1. The summed E-state index contributed by atoms with van der Waals surface area (Å²) >= 11 is 0. The molecule has 3 aliphatic rings. The molecular formula is C19H24FN5O4. The zero-order valence-electron chi connectivity index (χ0n) is 16.2. The standard InChI is InChI=1S/C19H24FN5O4/c1-11(26)22-10-16-15-8-12-13(25(15)19(28)29-16)2-3-14(18(12)20)23-4-6-24(7-5-23)17(27)9-21/h2-3,15-16H,4-10,21H2,1H3,(H,22,26)/t15-,16-/m0/s1. The maximum absolute atomic E-state index is 15.4. The lowest BCUT2D eigenvalue weighted by atomic mass is 10.0.